The van der Waals surface area contributed by atoms with Gasteiger partial charge >= 0.3 is 0 Å². The molecule has 2 heterocycles. The highest BCUT2D eigenvalue weighted by molar-refractivity contribution is 7.92. The number of likely N-dealkylation sites (N-methyl/N-ethyl adjacent to an activating group) is 1. The minimum Gasteiger partial charge on any atom is -0.369 e. The summed E-state index contributed by atoms with van der Waals surface area (Å²) in [6, 6.07) is 1.38. The number of rotatable bonds is 10. The molecule has 0 saturated carbocycles. The predicted octanol–water partition coefficient (Wildman–Crippen LogP) is 1.74. The van der Waals surface area contributed by atoms with E-state index < -0.39 is 40.5 Å². The van der Waals surface area contributed by atoms with Gasteiger partial charge in [0.1, 0.15) is 12.1 Å². The molecule has 3 amide bonds. The zero-order valence-corrected chi connectivity index (χ0v) is 20.9. The van der Waals surface area contributed by atoms with E-state index in [-0.39, 0.29) is 24.9 Å². The first kappa shape index (κ1) is 26.3. The quantitative estimate of drug-likeness (QED) is 0.520. The number of sulfonamides is 1. The van der Waals surface area contributed by atoms with Crippen LogP contribution < -0.4 is 5.73 Å². The molecule has 1 aromatic heterocycles. The molecule has 0 radical (unpaired) electrons. The Hall–Kier alpha value is -1.95. The van der Waals surface area contributed by atoms with E-state index >= 15 is 0 Å². The van der Waals surface area contributed by atoms with Crippen LogP contribution in [0.3, 0.4) is 0 Å². The van der Waals surface area contributed by atoms with Crippen molar-refractivity contribution in [3.05, 3.63) is 26.8 Å². The van der Waals surface area contributed by atoms with Crippen LogP contribution in [0.15, 0.2) is 17.5 Å². The Morgan fingerprint density at radius 2 is 2.00 bits per heavy atom. The first-order valence-electron chi connectivity index (χ1n) is 10.2. The molecule has 1 aliphatic rings. The van der Waals surface area contributed by atoms with Gasteiger partial charge in [0.2, 0.25) is 27.7 Å². The molecule has 0 unspecified atom stereocenters. The van der Waals surface area contributed by atoms with E-state index in [0.717, 1.165) is 9.71 Å². The maximum absolute atomic E-state index is 13.1. The van der Waals surface area contributed by atoms with Crippen molar-refractivity contribution < 1.29 is 22.8 Å². The number of primary amides is 1. The van der Waals surface area contributed by atoms with Crippen LogP contribution in [-0.2, 0) is 24.4 Å². The number of likely N-dealkylation sites (tertiary alicyclic amines) is 1. The van der Waals surface area contributed by atoms with Gasteiger partial charge in [-0.3, -0.25) is 14.4 Å². The van der Waals surface area contributed by atoms with Gasteiger partial charge in [-0.25, -0.2) is 8.42 Å². The minimum absolute atomic E-state index is 0.0360. The lowest BCUT2D eigenvalue weighted by molar-refractivity contribution is -0.145. The Morgan fingerprint density at radius 3 is 2.50 bits per heavy atom. The van der Waals surface area contributed by atoms with E-state index in [1.54, 1.807) is 24.0 Å². The van der Waals surface area contributed by atoms with Crippen molar-refractivity contribution in [2.24, 2.45) is 5.73 Å². The Bertz CT molecular complexity index is 992. The number of carbonyl (C=O) groups excluding carboxylic acids is 3. The second-order valence-corrected chi connectivity index (χ2v) is 11.2. The topological polar surface area (TPSA) is 121 Å². The van der Waals surface area contributed by atoms with E-state index in [1.807, 2.05) is 20.8 Å². The van der Waals surface area contributed by atoms with Crippen LogP contribution in [0.25, 0.3) is 6.08 Å². The number of hydrogen-bond donors (Lipinski definition) is 1. The van der Waals surface area contributed by atoms with Gasteiger partial charge in [-0.2, -0.15) is 4.31 Å². The molecule has 1 fully saturated rings. The summed E-state index contributed by atoms with van der Waals surface area (Å²) in [5.74, 6) is -1.62. The summed E-state index contributed by atoms with van der Waals surface area (Å²) < 4.78 is 27.3. The summed E-state index contributed by atoms with van der Waals surface area (Å²) in [5.41, 5.74) is 5.28. The molecule has 1 saturated heterocycles. The van der Waals surface area contributed by atoms with Gasteiger partial charge in [-0.05, 0) is 52.3 Å². The van der Waals surface area contributed by atoms with Crippen LogP contribution in [-0.4, -0.2) is 78.0 Å². The molecule has 1 aromatic rings. The van der Waals surface area contributed by atoms with Crippen LogP contribution in [0.4, 0.5) is 0 Å². The number of amides is 3. The lowest BCUT2D eigenvalue weighted by Crippen LogP contribution is -2.53. The Morgan fingerprint density at radius 1 is 1.34 bits per heavy atom. The average molecular weight is 505 g/mol. The van der Waals surface area contributed by atoms with Gasteiger partial charge in [-0.1, -0.05) is 11.6 Å². The zero-order valence-electron chi connectivity index (χ0n) is 18.5. The number of carbonyl (C=O) groups is 3. The molecule has 0 spiro atoms. The third-order valence-corrected chi connectivity index (χ3v) is 7.98. The van der Waals surface area contributed by atoms with Crippen LogP contribution in [0.5, 0.6) is 0 Å². The molecular weight excluding hydrogens is 476 g/mol. The Labute approximate surface area is 197 Å². The van der Waals surface area contributed by atoms with Gasteiger partial charge in [0.05, 0.1) is 10.9 Å². The fourth-order valence-corrected chi connectivity index (χ4v) is 6.05. The van der Waals surface area contributed by atoms with Crippen LogP contribution in [0, 0.1) is 0 Å². The first-order valence-corrected chi connectivity index (χ1v) is 12.9. The third kappa shape index (κ3) is 6.09. The van der Waals surface area contributed by atoms with Crippen molar-refractivity contribution in [3.63, 3.8) is 0 Å². The molecule has 0 aromatic carbocycles. The van der Waals surface area contributed by atoms with Gasteiger partial charge in [-0.15, -0.1) is 11.3 Å². The van der Waals surface area contributed by atoms with Crippen molar-refractivity contribution in [1.82, 2.24) is 14.1 Å². The van der Waals surface area contributed by atoms with Crippen LogP contribution in [0.1, 0.15) is 39.0 Å². The van der Waals surface area contributed by atoms with E-state index in [2.05, 4.69) is 0 Å². The molecule has 2 atom stereocenters. The summed E-state index contributed by atoms with van der Waals surface area (Å²) in [5, 5.41) is 0.931. The Kier molecular flexibility index (Phi) is 8.86. The van der Waals surface area contributed by atoms with Crippen molar-refractivity contribution in [3.8, 4) is 0 Å². The number of thiophene rings is 1. The minimum atomic E-state index is -4.15. The van der Waals surface area contributed by atoms with Crippen LogP contribution in [0.2, 0.25) is 4.34 Å². The molecule has 12 heteroatoms. The molecule has 178 valence electrons. The smallest absolute Gasteiger partial charge is 0.245 e. The fraction of sp³-hybridized carbons (Fsp3) is 0.550. The fourth-order valence-electron chi connectivity index (χ4n) is 3.67. The van der Waals surface area contributed by atoms with E-state index in [4.69, 9.17) is 17.3 Å². The molecule has 1 aliphatic heterocycles. The Balaban J connectivity index is 2.27. The molecule has 0 aliphatic carbocycles. The summed E-state index contributed by atoms with van der Waals surface area (Å²) in [6.07, 6.45) is 1.50. The summed E-state index contributed by atoms with van der Waals surface area (Å²) in [6.45, 7) is 7.30. The number of hydrogen-bond acceptors (Lipinski definition) is 6. The maximum atomic E-state index is 13.1. The van der Waals surface area contributed by atoms with Gasteiger partial charge in [0.25, 0.3) is 0 Å². The second-order valence-electron chi connectivity index (χ2n) is 7.73. The molecular formula is C20H29ClN4O5S2. The molecule has 0 bridgehead atoms. The highest BCUT2D eigenvalue weighted by Gasteiger charge is 2.44. The van der Waals surface area contributed by atoms with Crippen molar-refractivity contribution in [2.75, 3.05) is 19.6 Å². The maximum Gasteiger partial charge on any atom is 0.245 e. The summed E-state index contributed by atoms with van der Waals surface area (Å²) in [4.78, 5) is 41.2. The lowest BCUT2D eigenvalue weighted by Gasteiger charge is -2.32. The average Bonchev–Trinajstić information content (AvgIpc) is 3.29. The molecule has 32 heavy (non-hydrogen) atoms. The van der Waals surface area contributed by atoms with Crippen molar-refractivity contribution in [2.45, 2.75) is 52.2 Å². The summed E-state index contributed by atoms with van der Waals surface area (Å²) in [7, 11) is -4.15. The number of nitrogens with zero attached hydrogens (tertiary/aromatic N) is 3. The zero-order chi connectivity index (χ0) is 24.2. The molecule has 2 rings (SSSR count). The van der Waals surface area contributed by atoms with Gasteiger partial charge < -0.3 is 15.5 Å². The number of nitrogens with two attached hydrogens (primary N) is 1. The third-order valence-electron chi connectivity index (χ3n) is 5.27. The highest BCUT2D eigenvalue weighted by Crippen LogP contribution is 2.26. The second kappa shape index (κ2) is 10.8. The van der Waals surface area contributed by atoms with Crippen molar-refractivity contribution >= 4 is 56.8 Å². The van der Waals surface area contributed by atoms with E-state index in [0.29, 0.717) is 15.8 Å². The van der Waals surface area contributed by atoms with Gasteiger partial charge in [0, 0.05) is 29.4 Å². The lowest BCUT2D eigenvalue weighted by atomic mass is 10.2. The molecule has 9 nitrogen and oxygen atoms in total. The monoisotopic (exact) mass is 504 g/mol. The first-order chi connectivity index (χ1) is 14.9. The van der Waals surface area contributed by atoms with E-state index in [1.165, 1.54) is 22.3 Å². The highest BCUT2D eigenvalue weighted by atomic mass is 35.5. The van der Waals surface area contributed by atoms with E-state index in [9.17, 15) is 22.8 Å². The summed E-state index contributed by atoms with van der Waals surface area (Å²) >= 11 is 7.06. The van der Waals surface area contributed by atoms with Crippen LogP contribution >= 0.6 is 22.9 Å². The number of halogens is 1. The normalized spacial score (nSPS) is 18.2. The predicted molar refractivity (Wildman–Crippen MR) is 125 cm³/mol. The van der Waals surface area contributed by atoms with Gasteiger partial charge in [0.15, 0.2) is 0 Å². The molecule has 2 N–H and O–H groups in total. The largest absolute Gasteiger partial charge is 0.369 e. The SMILES string of the molecule is CCN(C(=O)[C@H](C)N1CC[C@H](N(CC(N)=O)S(=O)(=O)C=Cc2ccc(Cl)s2)C1=O)C(C)C. The standard InChI is InChI=1S/C20H29ClN4O5S2/c1-5-23(13(2)3)19(27)14(4)24-10-8-16(20(24)28)25(12-18(22)26)32(29,30)11-9-15-6-7-17(21)31-15/h6-7,9,11,13-14,16H,5,8,10,12H2,1-4H3,(H2,22,26)/t14-,16-/m0/s1. The van der Waals surface area contributed by atoms with Crippen molar-refractivity contribution in [1.29, 1.82) is 0 Å².